The van der Waals surface area contributed by atoms with Crippen LogP contribution in [0.2, 0.25) is 0 Å². The molecule has 2 rings (SSSR count). The Hall–Kier alpha value is -1.02. The molecule has 1 aromatic carbocycles. The van der Waals surface area contributed by atoms with E-state index < -0.39 is 0 Å². The van der Waals surface area contributed by atoms with Crippen LogP contribution >= 0.6 is 0 Å². The summed E-state index contributed by atoms with van der Waals surface area (Å²) in [6.45, 7) is 12.5. The first-order valence-electron chi connectivity index (χ1n) is 8.86. The Morgan fingerprint density at radius 2 is 1.77 bits per heavy atom. The molecular weight excluding hydrogens is 270 g/mol. The number of hydrogen-bond acceptors (Lipinski definition) is 2. The largest absolute Gasteiger partial charge is 0.376 e. The quantitative estimate of drug-likeness (QED) is 0.651. The van der Waals surface area contributed by atoms with Crippen molar-refractivity contribution in [2.24, 2.45) is 0 Å². The van der Waals surface area contributed by atoms with Crippen molar-refractivity contribution in [2.75, 3.05) is 11.5 Å². The van der Waals surface area contributed by atoms with Gasteiger partial charge in [-0.1, -0.05) is 38.0 Å². The van der Waals surface area contributed by atoms with E-state index in [1.807, 2.05) is 0 Å². The van der Waals surface area contributed by atoms with Crippen molar-refractivity contribution in [3.05, 3.63) is 30.3 Å². The fraction of sp³-hybridized carbons (Fsp3) is 0.700. The molecule has 1 aliphatic rings. The van der Waals surface area contributed by atoms with Crippen LogP contribution in [0.25, 0.3) is 0 Å². The standard InChI is InChI=1S/C20H33NO/c1-6-7-11-16-22-18-14-15-19(2,3)21(20(18,4)5)17-12-9-8-10-13-17/h8-10,12-13,18H,6-7,11,14-16H2,1-5H3. The second kappa shape index (κ2) is 7.04. The maximum atomic E-state index is 6.30. The van der Waals surface area contributed by atoms with Crippen molar-refractivity contribution in [3.63, 3.8) is 0 Å². The molecule has 1 aliphatic heterocycles. The summed E-state index contributed by atoms with van der Waals surface area (Å²) in [6, 6.07) is 10.8. The highest BCUT2D eigenvalue weighted by molar-refractivity contribution is 5.52. The van der Waals surface area contributed by atoms with Crippen molar-refractivity contribution in [3.8, 4) is 0 Å². The zero-order valence-electron chi connectivity index (χ0n) is 15.1. The number of nitrogens with zero attached hydrogens (tertiary/aromatic N) is 1. The van der Waals surface area contributed by atoms with Crippen LogP contribution in [0, 0.1) is 0 Å². The number of unbranched alkanes of at least 4 members (excludes halogenated alkanes) is 2. The summed E-state index contributed by atoms with van der Waals surface area (Å²) in [4.78, 5) is 2.58. The molecule has 0 saturated carbocycles. The molecule has 0 radical (unpaired) electrons. The summed E-state index contributed by atoms with van der Waals surface area (Å²) in [7, 11) is 0. The fourth-order valence-electron chi connectivity index (χ4n) is 4.00. The fourth-order valence-corrected chi connectivity index (χ4v) is 4.00. The summed E-state index contributed by atoms with van der Waals surface area (Å²) in [5.74, 6) is 0. The molecule has 1 unspecified atom stereocenters. The first-order valence-corrected chi connectivity index (χ1v) is 8.86. The van der Waals surface area contributed by atoms with Gasteiger partial charge in [0.05, 0.1) is 11.6 Å². The lowest BCUT2D eigenvalue weighted by Gasteiger charge is -2.57. The van der Waals surface area contributed by atoms with Gasteiger partial charge in [-0.15, -0.1) is 0 Å². The number of piperidine rings is 1. The minimum absolute atomic E-state index is 0.00924. The molecule has 2 heteroatoms. The lowest BCUT2D eigenvalue weighted by molar-refractivity contribution is -0.0273. The van der Waals surface area contributed by atoms with E-state index in [0.717, 1.165) is 13.0 Å². The normalized spacial score (nSPS) is 23.5. The Kier molecular flexibility index (Phi) is 5.55. The zero-order chi connectivity index (χ0) is 16.2. The highest BCUT2D eigenvalue weighted by atomic mass is 16.5. The Balaban J connectivity index is 2.17. The first kappa shape index (κ1) is 17.3. The average molecular weight is 303 g/mol. The monoisotopic (exact) mass is 303 g/mol. The van der Waals surface area contributed by atoms with Gasteiger partial charge >= 0.3 is 0 Å². The molecule has 0 aromatic heterocycles. The number of para-hydroxylation sites is 1. The van der Waals surface area contributed by atoms with Gasteiger partial charge in [-0.25, -0.2) is 0 Å². The molecule has 0 aliphatic carbocycles. The van der Waals surface area contributed by atoms with Crippen LogP contribution in [0.15, 0.2) is 30.3 Å². The summed E-state index contributed by atoms with van der Waals surface area (Å²) >= 11 is 0. The Morgan fingerprint density at radius 3 is 2.41 bits per heavy atom. The SMILES string of the molecule is CCCCCOC1CCC(C)(C)N(c2ccccc2)C1(C)C. The van der Waals surface area contributed by atoms with E-state index >= 15 is 0 Å². The molecule has 22 heavy (non-hydrogen) atoms. The van der Waals surface area contributed by atoms with Crippen LogP contribution in [-0.4, -0.2) is 23.8 Å². The van der Waals surface area contributed by atoms with Crippen LogP contribution in [0.3, 0.4) is 0 Å². The van der Waals surface area contributed by atoms with Gasteiger partial charge in [0.2, 0.25) is 0 Å². The van der Waals surface area contributed by atoms with E-state index in [4.69, 9.17) is 4.74 Å². The highest BCUT2D eigenvalue weighted by Gasteiger charge is 2.47. The Morgan fingerprint density at radius 1 is 1.09 bits per heavy atom. The van der Waals surface area contributed by atoms with Gasteiger partial charge in [0.1, 0.15) is 0 Å². The number of anilines is 1. The number of rotatable bonds is 6. The topological polar surface area (TPSA) is 12.5 Å². The predicted molar refractivity (Wildman–Crippen MR) is 95.6 cm³/mol. The van der Waals surface area contributed by atoms with Crippen molar-refractivity contribution in [1.29, 1.82) is 0 Å². The minimum atomic E-state index is 0.00924. The van der Waals surface area contributed by atoms with Crippen molar-refractivity contribution in [2.45, 2.75) is 83.9 Å². The van der Waals surface area contributed by atoms with Gasteiger partial charge < -0.3 is 9.64 Å². The third kappa shape index (κ3) is 3.65. The lowest BCUT2D eigenvalue weighted by Crippen LogP contribution is -2.65. The van der Waals surface area contributed by atoms with Gasteiger partial charge in [0, 0.05) is 17.8 Å². The molecule has 124 valence electrons. The Labute approximate surface area is 136 Å². The number of ether oxygens (including phenoxy) is 1. The molecule has 1 saturated heterocycles. The van der Waals surface area contributed by atoms with Gasteiger partial charge in [0.15, 0.2) is 0 Å². The van der Waals surface area contributed by atoms with Gasteiger partial charge in [-0.2, -0.15) is 0 Å². The molecule has 2 nitrogen and oxygen atoms in total. The van der Waals surface area contributed by atoms with E-state index in [2.05, 4.69) is 69.9 Å². The zero-order valence-corrected chi connectivity index (χ0v) is 15.1. The van der Waals surface area contributed by atoms with Gasteiger partial charge in [-0.3, -0.25) is 0 Å². The number of benzene rings is 1. The second-order valence-corrected chi connectivity index (χ2v) is 7.74. The third-order valence-electron chi connectivity index (χ3n) is 5.07. The van der Waals surface area contributed by atoms with E-state index in [0.29, 0.717) is 6.10 Å². The van der Waals surface area contributed by atoms with Crippen molar-refractivity contribution < 1.29 is 4.74 Å². The minimum Gasteiger partial charge on any atom is -0.376 e. The van der Waals surface area contributed by atoms with Crippen molar-refractivity contribution >= 4 is 5.69 Å². The van der Waals surface area contributed by atoms with E-state index in [1.54, 1.807) is 0 Å². The molecule has 0 bridgehead atoms. The summed E-state index contributed by atoms with van der Waals surface area (Å²) in [5.41, 5.74) is 1.48. The van der Waals surface area contributed by atoms with E-state index in [-0.39, 0.29) is 11.1 Å². The van der Waals surface area contributed by atoms with Crippen LogP contribution in [-0.2, 0) is 4.74 Å². The highest BCUT2D eigenvalue weighted by Crippen LogP contribution is 2.43. The van der Waals surface area contributed by atoms with Crippen molar-refractivity contribution in [1.82, 2.24) is 0 Å². The predicted octanol–water partition coefficient (Wildman–Crippen LogP) is 5.42. The number of hydrogen-bond donors (Lipinski definition) is 0. The van der Waals surface area contributed by atoms with E-state index in [1.165, 1.54) is 31.4 Å². The average Bonchev–Trinajstić information content (AvgIpc) is 2.45. The van der Waals surface area contributed by atoms with Crippen LogP contribution in [0.5, 0.6) is 0 Å². The van der Waals surface area contributed by atoms with Gasteiger partial charge in [0.25, 0.3) is 0 Å². The van der Waals surface area contributed by atoms with Crippen LogP contribution in [0.1, 0.15) is 66.7 Å². The third-order valence-corrected chi connectivity index (χ3v) is 5.07. The maximum Gasteiger partial charge on any atom is 0.0802 e. The molecule has 0 N–H and O–H groups in total. The maximum absolute atomic E-state index is 6.30. The molecule has 1 aromatic rings. The molecular formula is C20H33NO. The lowest BCUT2D eigenvalue weighted by atomic mass is 9.77. The molecule has 1 atom stereocenters. The molecule has 0 amide bonds. The summed E-state index contributed by atoms with van der Waals surface area (Å²) < 4.78 is 6.30. The first-order chi connectivity index (χ1) is 10.4. The van der Waals surface area contributed by atoms with Crippen LogP contribution < -0.4 is 4.90 Å². The second-order valence-electron chi connectivity index (χ2n) is 7.74. The smallest absolute Gasteiger partial charge is 0.0802 e. The molecule has 1 heterocycles. The summed E-state index contributed by atoms with van der Waals surface area (Å²) in [5, 5.41) is 0. The summed E-state index contributed by atoms with van der Waals surface area (Å²) in [6.07, 6.45) is 6.32. The molecule has 1 fully saturated rings. The van der Waals surface area contributed by atoms with E-state index in [9.17, 15) is 0 Å². The Bertz CT molecular complexity index is 452. The van der Waals surface area contributed by atoms with Crippen LogP contribution in [0.4, 0.5) is 5.69 Å². The molecule has 0 spiro atoms. The van der Waals surface area contributed by atoms with Gasteiger partial charge in [-0.05, 0) is 59.1 Å².